The lowest BCUT2D eigenvalue weighted by Crippen LogP contribution is -2.13. The monoisotopic (exact) mass is 414 g/mol. The minimum Gasteiger partial charge on any atom is -0.496 e. The molecule has 0 aliphatic rings. The summed E-state index contributed by atoms with van der Waals surface area (Å²) in [7, 11) is 1.53. The third kappa shape index (κ3) is 5.58. The second-order valence-corrected chi connectivity index (χ2v) is 7.01. The van der Waals surface area contributed by atoms with Crippen molar-refractivity contribution in [2.75, 3.05) is 12.4 Å². The Hall–Kier alpha value is -3.91. The Bertz CT molecular complexity index is 1140. The highest BCUT2D eigenvalue weighted by Gasteiger charge is 2.12. The molecular weight excluding hydrogens is 391 g/mol. The first kappa shape index (κ1) is 21.8. The van der Waals surface area contributed by atoms with E-state index in [-0.39, 0.29) is 11.4 Å². The van der Waals surface area contributed by atoms with Crippen molar-refractivity contribution in [1.82, 2.24) is 0 Å². The van der Waals surface area contributed by atoms with Gasteiger partial charge in [0.2, 0.25) is 0 Å². The van der Waals surface area contributed by atoms with Crippen LogP contribution in [0.5, 0.6) is 5.75 Å². The van der Waals surface area contributed by atoms with Gasteiger partial charge < -0.3 is 10.1 Å². The predicted molar refractivity (Wildman–Crippen MR) is 120 cm³/mol. The van der Waals surface area contributed by atoms with Gasteiger partial charge in [0.05, 0.1) is 7.11 Å². The van der Waals surface area contributed by atoms with Gasteiger partial charge in [0, 0.05) is 12.1 Å². The second-order valence-electron chi connectivity index (χ2n) is 7.01. The SMILES string of the molecule is CCc1ccc(NC(=O)/C(C#N)=C/c2ccc(Cc3ccccc3F)c(OC)c2)cc1. The van der Waals surface area contributed by atoms with E-state index in [0.717, 1.165) is 17.5 Å². The molecule has 0 unspecified atom stereocenters. The van der Waals surface area contributed by atoms with Gasteiger partial charge in [0.1, 0.15) is 23.2 Å². The number of nitrogens with zero attached hydrogens (tertiary/aromatic N) is 1. The van der Waals surface area contributed by atoms with Gasteiger partial charge in [-0.1, -0.05) is 49.4 Å². The normalized spacial score (nSPS) is 11.0. The number of benzene rings is 3. The molecule has 0 aromatic heterocycles. The number of amides is 1. The number of ether oxygens (including phenoxy) is 1. The average molecular weight is 414 g/mol. The van der Waals surface area contributed by atoms with Gasteiger partial charge in [-0.3, -0.25) is 4.79 Å². The van der Waals surface area contributed by atoms with Crippen LogP contribution in [-0.4, -0.2) is 13.0 Å². The number of anilines is 1. The molecule has 0 spiro atoms. The van der Waals surface area contributed by atoms with E-state index in [4.69, 9.17) is 4.74 Å². The van der Waals surface area contributed by atoms with Crippen molar-refractivity contribution >= 4 is 17.7 Å². The molecule has 3 aromatic rings. The summed E-state index contributed by atoms with van der Waals surface area (Å²) in [6.45, 7) is 2.06. The summed E-state index contributed by atoms with van der Waals surface area (Å²) in [4.78, 5) is 12.5. The molecule has 1 amide bonds. The van der Waals surface area contributed by atoms with Crippen molar-refractivity contribution in [2.45, 2.75) is 19.8 Å². The Morgan fingerprint density at radius 1 is 1.10 bits per heavy atom. The number of nitriles is 1. The van der Waals surface area contributed by atoms with E-state index in [1.54, 1.807) is 30.3 Å². The number of hydrogen-bond acceptors (Lipinski definition) is 3. The largest absolute Gasteiger partial charge is 0.496 e. The molecular formula is C26H23FN2O2. The molecule has 3 aromatic carbocycles. The number of halogens is 1. The van der Waals surface area contributed by atoms with E-state index in [2.05, 4.69) is 12.2 Å². The van der Waals surface area contributed by atoms with Crippen LogP contribution in [0, 0.1) is 17.1 Å². The maximum absolute atomic E-state index is 14.0. The van der Waals surface area contributed by atoms with Crippen LogP contribution in [-0.2, 0) is 17.6 Å². The van der Waals surface area contributed by atoms with E-state index in [1.807, 2.05) is 36.4 Å². The number of carbonyl (C=O) groups is 1. The fraction of sp³-hybridized carbons (Fsp3) is 0.154. The van der Waals surface area contributed by atoms with Crippen molar-refractivity contribution in [1.29, 1.82) is 5.26 Å². The fourth-order valence-corrected chi connectivity index (χ4v) is 3.18. The zero-order valence-corrected chi connectivity index (χ0v) is 17.5. The number of nitrogens with one attached hydrogen (secondary N) is 1. The quantitative estimate of drug-likeness (QED) is 0.408. The van der Waals surface area contributed by atoms with Crippen molar-refractivity contribution in [2.24, 2.45) is 0 Å². The first-order valence-electron chi connectivity index (χ1n) is 9.96. The lowest BCUT2D eigenvalue weighted by Gasteiger charge is -2.11. The van der Waals surface area contributed by atoms with Crippen molar-refractivity contribution < 1.29 is 13.9 Å². The molecule has 31 heavy (non-hydrogen) atoms. The van der Waals surface area contributed by atoms with Gasteiger partial charge in [0.25, 0.3) is 5.91 Å². The van der Waals surface area contributed by atoms with E-state index < -0.39 is 5.91 Å². The lowest BCUT2D eigenvalue weighted by molar-refractivity contribution is -0.112. The minimum absolute atomic E-state index is 0.0246. The summed E-state index contributed by atoms with van der Waals surface area (Å²) in [6.07, 6.45) is 2.79. The van der Waals surface area contributed by atoms with Gasteiger partial charge in [-0.15, -0.1) is 0 Å². The zero-order chi connectivity index (χ0) is 22.2. The molecule has 156 valence electrons. The van der Waals surface area contributed by atoms with E-state index >= 15 is 0 Å². The molecule has 0 saturated carbocycles. The molecule has 0 saturated heterocycles. The highest BCUT2D eigenvalue weighted by atomic mass is 19.1. The van der Waals surface area contributed by atoms with Crippen LogP contribution in [0.1, 0.15) is 29.2 Å². The van der Waals surface area contributed by atoms with Crippen molar-refractivity contribution in [3.63, 3.8) is 0 Å². The third-order valence-electron chi connectivity index (χ3n) is 4.95. The average Bonchev–Trinajstić information content (AvgIpc) is 2.80. The molecule has 0 fully saturated rings. The highest BCUT2D eigenvalue weighted by molar-refractivity contribution is 6.09. The Kier molecular flexibility index (Phi) is 7.18. The zero-order valence-electron chi connectivity index (χ0n) is 17.5. The maximum atomic E-state index is 14.0. The molecule has 0 heterocycles. The van der Waals surface area contributed by atoms with Crippen molar-refractivity contribution in [3.05, 3.63) is 100 Å². The smallest absolute Gasteiger partial charge is 0.266 e. The van der Waals surface area contributed by atoms with Crippen LogP contribution in [0.2, 0.25) is 0 Å². The molecule has 5 heteroatoms. The molecule has 0 bridgehead atoms. The van der Waals surface area contributed by atoms with E-state index in [0.29, 0.717) is 29.0 Å². The van der Waals surface area contributed by atoms with Gasteiger partial charge >= 0.3 is 0 Å². The Balaban J connectivity index is 1.80. The number of carbonyl (C=O) groups excluding carboxylic acids is 1. The predicted octanol–water partition coefficient (Wildman–Crippen LogP) is 5.53. The number of methoxy groups -OCH3 is 1. The first-order chi connectivity index (χ1) is 15.0. The summed E-state index contributed by atoms with van der Waals surface area (Å²) >= 11 is 0. The fourth-order valence-electron chi connectivity index (χ4n) is 3.18. The molecule has 0 radical (unpaired) electrons. The van der Waals surface area contributed by atoms with E-state index in [9.17, 15) is 14.4 Å². The standard InChI is InChI=1S/C26H23FN2O2/c1-3-18-9-12-23(13-10-18)29-26(30)22(17-28)14-19-8-11-21(25(15-19)31-2)16-20-6-4-5-7-24(20)27/h4-15H,3,16H2,1-2H3,(H,29,30)/b22-14+. The van der Waals surface area contributed by atoms with Gasteiger partial charge in [-0.2, -0.15) is 5.26 Å². The Morgan fingerprint density at radius 2 is 1.84 bits per heavy atom. The third-order valence-corrected chi connectivity index (χ3v) is 4.95. The van der Waals surface area contributed by atoms with Gasteiger partial charge in [-0.25, -0.2) is 4.39 Å². The first-order valence-corrected chi connectivity index (χ1v) is 9.96. The molecule has 3 rings (SSSR count). The molecule has 0 aliphatic carbocycles. The molecule has 0 atom stereocenters. The van der Waals surface area contributed by atoms with Crippen LogP contribution in [0.3, 0.4) is 0 Å². The van der Waals surface area contributed by atoms with Gasteiger partial charge in [0.15, 0.2) is 0 Å². The van der Waals surface area contributed by atoms with Crippen LogP contribution in [0.15, 0.2) is 72.3 Å². The van der Waals surface area contributed by atoms with E-state index in [1.165, 1.54) is 19.3 Å². The van der Waals surface area contributed by atoms with Crippen LogP contribution in [0.4, 0.5) is 10.1 Å². The number of aryl methyl sites for hydroxylation is 1. The Labute approximate surface area is 181 Å². The molecule has 0 aliphatic heterocycles. The minimum atomic E-state index is -0.485. The van der Waals surface area contributed by atoms with Crippen LogP contribution >= 0.6 is 0 Å². The summed E-state index contributed by atoms with van der Waals surface area (Å²) in [5, 5.41) is 12.2. The summed E-state index contributed by atoms with van der Waals surface area (Å²) < 4.78 is 19.4. The number of hydrogen-bond donors (Lipinski definition) is 1. The van der Waals surface area contributed by atoms with Crippen molar-refractivity contribution in [3.8, 4) is 11.8 Å². The summed E-state index contributed by atoms with van der Waals surface area (Å²) in [5.41, 5.74) is 3.78. The Morgan fingerprint density at radius 3 is 2.48 bits per heavy atom. The summed E-state index contributed by atoms with van der Waals surface area (Å²) in [6, 6.07) is 21.4. The van der Waals surface area contributed by atoms with Crippen LogP contribution < -0.4 is 10.1 Å². The second kappa shape index (κ2) is 10.2. The number of rotatable bonds is 7. The maximum Gasteiger partial charge on any atom is 0.266 e. The molecule has 4 nitrogen and oxygen atoms in total. The summed E-state index contributed by atoms with van der Waals surface area (Å²) in [5.74, 6) is -0.199. The lowest BCUT2D eigenvalue weighted by atomic mass is 10.0. The van der Waals surface area contributed by atoms with Gasteiger partial charge in [-0.05, 0) is 59.0 Å². The highest BCUT2D eigenvalue weighted by Crippen LogP contribution is 2.25. The molecule has 1 N–H and O–H groups in total. The van der Waals surface area contributed by atoms with Crippen LogP contribution in [0.25, 0.3) is 6.08 Å². The topological polar surface area (TPSA) is 62.1 Å².